The summed E-state index contributed by atoms with van der Waals surface area (Å²) in [6, 6.07) is 79.0. The molecule has 0 atom stereocenters. The van der Waals surface area contributed by atoms with Crippen molar-refractivity contribution in [3.63, 3.8) is 0 Å². The van der Waals surface area contributed by atoms with Crippen molar-refractivity contribution in [3.05, 3.63) is 231 Å². The number of fused-ring (bicyclic) bond motifs is 7. The van der Waals surface area contributed by atoms with Gasteiger partial charge in [-0.3, -0.25) is 0 Å². The molecular formula is C62H38N4O2. The van der Waals surface area contributed by atoms with Crippen molar-refractivity contribution < 1.29 is 8.83 Å². The fourth-order valence-electron chi connectivity index (χ4n) is 9.40. The zero-order chi connectivity index (χ0) is 45.0. The van der Waals surface area contributed by atoms with Crippen molar-refractivity contribution >= 4 is 43.9 Å². The fraction of sp³-hybridized carbons (Fsp3) is 0. The van der Waals surface area contributed by atoms with Crippen LogP contribution in [-0.4, -0.2) is 19.9 Å². The lowest BCUT2D eigenvalue weighted by molar-refractivity contribution is 0.634. The molecule has 4 heterocycles. The number of para-hydroxylation sites is 2. The van der Waals surface area contributed by atoms with Gasteiger partial charge in [0.2, 0.25) is 0 Å². The van der Waals surface area contributed by atoms with Crippen LogP contribution in [0.25, 0.3) is 134 Å². The van der Waals surface area contributed by atoms with E-state index in [0.717, 1.165) is 111 Å². The third-order valence-corrected chi connectivity index (χ3v) is 12.7. The minimum atomic E-state index is 0.652. The summed E-state index contributed by atoms with van der Waals surface area (Å²) >= 11 is 0. The highest BCUT2D eigenvalue weighted by Crippen LogP contribution is 2.44. The van der Waals surface area contributed by atoms with E-state index in [9.17, 15) is 0 Å². The smallest absolute Gasteiger partial charge is 0.178 e. The van der Waals surface area contributed by atoms with Gasteiger partial charge in [0.15, 0.2) is 22.8 Å². The molecule has 0 aliphatic heterocycles. The van der Waals surface area contributed by atoms with Crippen molar-refractivity contribution in [2.45, 2.75) is 0 Å². The topological polar surface area (TPSA) is 77.8 Å². The lowest BCUT2D eigenvalue weighted by atomic mass is 9.99. The largest absolute Gasteiger partial charge is 0.451 e. The Bertz CT molecular complexity index is 3640. The molecule has 0 saturated carbocycles. The number of hydrogen-bond donors (Lipinski definition) is 0. The van der Waals surface area contributed by atoms with Crippen molar-refractivity contribution in [1.29, 1.82) is 0 Å². The van der Waals surface area contributed by atoms with Gasteiger partial charge < -0.3 is 8.83 Å². The van der Waals surface area contributed by atoms with E-state index in [0.29, 0.717) is 22.8 Å². The van der Waals surface area contributed by atoms with Gasteiger partial charge >= 0.3 is 0 Å². The summed E-state index contributed by atoms with van der Waals surface area (Å²) in [5, 5.41) is 4.01. The van der Waals surface area contributed by atoms with Crippen LogP contribution in [0.5, 0.6) is 0 Å². The lowest BCUT2D eigenvalue weighted by Crippen LogP contribution is -1.96. The summed E-state index contributed by atoms with van der Waals surface area (Å²) in [5.41, 5.74) is 16.4. The predicted molar refractivity (Wildman–Crippen MR) is 276 cm³/mol. The van der Waals surface area contributed by atoms with E-state index >= 15 is 0 Å². The SMILES string of the molecule is c1ccc(-c2cc(-c3ccccc3)nc(-c3cccc(-c4cccc5c4oc4c5ccc5c6cccc(-c7cccc(-c8nc(-c9ccccc9)cc(-c9ccccc9)n8)c7)c6oc54)c3)n2)cc1. The molecule has 9 aromatic carbocycles. The standard InChI is InChI=1S/C62H38N4O2/c1-5-17-39(18-6-1)53-37-54(40-19-7-2-8-20-40)64-61(63-53)45-27-13-25-43(35-45)47-29-15-31-49-51-33-34-52-50-32-16-30-48(58(50)68-60(52)59(51)67-57(47)49)44-26-14-28-46(36-44)62-65-55(41-21-9-3-10-22-41)38-56(66-62)42-23-11-4-12-24-42/h1-38H. The first kappa shape index (κ1) is 39.1. The third-order valence-electron chi connectivity index (χ3n) is 12.7. The van der Waals surface area contributed by atoms with Crippen LogP contribution < -0.4 is 0 Å². The zero-order valence-corrected chi connectivity index (χ0v) is 36.5. The Morgan fingerprint density at radius 3 is 0.868 bits per heavy atom. The summed E-state index contributed by atoms with van der Waals surface area (Å²) in [6.45, 7) is 0. The molecule has 0 unspecified atom stereocenters. The molecule has 318 valence electrons. The van der Waals surface area contributed by atoms with E-state index in [2.05, 4.69) is 158 Å². The van der Waals surface area contributed by atoms with Gasteiger partial charge in [0.25, 0.3) is 0 Å². The lowest BCUT2D eigenvalue weighted by Gasteiger charge is -2.10. The predicted octanol–water partition coefficient (Wildman–Crippen LogP) is 16.4. The molecule has 13 rings (SSSR count). The number of benzene rings is 9. The normalized spacial score (nSPS) is 11.5. The Kier molecular flexibility index (Phi) is 9.39. The second-order valence-corrected chi connectivity index (χ2v) is 16.9. The molecule has 6 nitrogen and oxygen atoms in total. The molecule has 0 saturated heterocycles. The van der Waals surface area contributed by atoms with Crippen LogP contribution in [0.2, 0.25) is 0 Å². The summed E-state index contributed by atoms with van der Waals surface area (Å²) in [7, 11) is 0. The Morgan fingerprint density at radius 2 is 0.515 bits per heavy atom. The molecule has 0 aliphatic carbocycles. The second kappa shape index (κ2) is 16.3. The van der Waals surface area contributed by atoms with Crippen molar-refractivity contribution in [2.75, 3.05) is 0 Å². The maximum Gasteiger partial charge on any atom is 0.178 e. The monoisotopic (exact) mass is 870 g/mol. The minimum Gasteiger partial charge on any atom is -0.451 e. The van der Waals surface area contributed by atoms with Gasteiger partial charge in [-0.05, 0) is 47.5 Å². The first-order valence-electron chi connectivity index (χ1n) is 22.7. The molecule has 0 spiro atoms. The van der Waals surface area contributed by atoms with E-state index in [4.69, 9.17) is 28.8 Å². The fourth-order valence-corrected chi connectivity index (χ4v) is 9.40. The minimum absolute atomic E-state index is 0.652. The van der Waals surface area contributed by atoms with E-state index in [-0.39, 0.29) is 0 Å². The van der Waals surface area contributed by atoms with Crippen LogP contribution in [0.1, 0.15) is 0 Å². The van der Waals surface area contributed by atoms with Crippen LogP contribution in [0.3, 0.4) is 0 Å². The van der Waals surface area contributed by atoms with Gasteiger partial charge in [-0.1, -0.05) is 194 Å². The Balaban J connectivity index is 0.909. The van der Waals surface area contributed by atoms with Crippen molar-refractivity contribution in [1.82, 2.24) is 19.9 Å². The van der Waals surface area contributed by atoms with Crippen molar-refractivity contribution in [3.8, 4) is 90.1 Å². The maximum absolute atomic E-state index is 6.96. The van der Waals surface area contributed by atoms with Crippen molar-refractivity contribution in [2.24, 2.45) is 0 Å². The first-order chi connectivity index (χ1) is 33.7. The van der Waals surface area contributed by atoms with Crippen LogP contribution in [0.4, 0.5) is 0 Å². The average Bonchev–Trinajstić information content (AvgIpc) is 4.01. The molecule has 0 amide bonds. The Labute approximate surface area is 391 Å². The van der Waals surface area contributed by atoms with E-state index in [1.807, 2.05) is 72.8 Å². The highest BCUT2D eigenvalue weighted by Gasteiger charge is 2.21. The third kappa shape index (κ3) is 6.91. The quantitative estimate of drug-likeness (QED) is 0.151. The molecule has 0 fully saturated rings. The molecule has 0 bridgehead atoms. The highest BCUT2D eigenvalue weighted by molar-refractivity contribution is 6.21. The summed E-state index contributed by atoms with van der Waals surface area (Å²) in [4.78, 5) is 20.4. The molecule has 68 heavy (non-hydrogen) atoms. The van der Waals surface area contributed by atoms with Gasteiger partial charge in [-0.2, -0.15) is 0 Å². The van der Waals surface area contributed by atoms with Gasteiger partial charge in [0.1, 0.15) is 11.2 Å². The number of aromatic nitrogens is 4. The Hall–Kier alpha value is -9.26. The average molecular weight is 871 g/mol. The van der Waals surface area contributed by atoms with Gasteiger partial charge in [0, 0.05) is 66.1 Å². The number of nitrogens with zero attached hydrogens (tertiary/aromatic N) is 4. The second-order valence-electron chi connectivity index (χ2n) is 16.9. The molecule has 0 aliphatic rings. The van der Waals surface area contributed by atoms with Crippen LogP contribution in [-0.2, 0) is 0 Å². The van der Waals surface area contributed by atoms with Gasteiger partial charge in [-0.25, -0.2) is 19.9 Å². The molecule has 4 aromatic heterocycles. The first-order valence-corrected chi connectivity index (χ1v) is 22.7. The van der Waals surface area contributed by atoms with Crippen LogP contribution in [0, 0.1) is 0 Å². The van der Waals surface area contributed by atoms with E-state index < -0.39 is 0 Å². The zero-order valence-electron chi connectivity index (χ0n) is 36.5. The molecule has 0 N–H and O–H groups in total. The molecule has 6 heteroatoms. The highest BCUT2D eigenvalue weighted by atomic mass is 16.4. The summed E-state index contributed by atoms with van der Waals surface area (Å²) < 4.78 is 13.9. The van der Waals surface area contributed by atoms with Crippen LogP contribution in [0.15, 0.2) is 239 Å². The molecule has 0 radical (unpaired) electrons. The van der Waals surface area contributed by atoms with Gasteiger partial charge in [0.05, 0.1) is 22.8 Å². The molecule has 13 aromatic rings. The van der Waals surface area contributed by atoms with Crippen LogP contribution >= 0.6 is 0 Å². The number of furan rings is 2. The summed E-state index contributed by atoms with van der Waals surface area (Å²) in [6.07, 6.45) is 0. The Morgan fingerprint density at radius 1 is 0.221 bits per heavy atom. The summed E-state index contributed by atoms with van der Waals surface area (Å²) in [5.74, 6) is 1.30. The number of hydrogen-bond acceptors (Lipinski definition) is 6. The maximum atomic E-state index is 6.96. The van der Waals surface area contributed by atoms with E-state index in [1.54, 1.807) is 0 Å². The number of rotatable bonds is 8. The molecular weight excluding hydrogens is 833 g/mol. The van der Waals surface area contributed by atoms with E-state index in [1.165, 1.54) is 0 Å². The van der Waals surface area contributed by atoms with Gasteiger partial charge in [-0.15, -0.1) is 0 Å².